The van der Waals surface area contributed by atoms with Crippen LogP contribution in [0.15, 0.2) is 6.07 Å². The van der Waals surface area contributed by atoms with Gasteiger partial charge in [0.15, 0.2) is 0 Å². The Balaban J connectivity index is 1.75. The second kappa shape index (κ2) is 5.09. The molecule has 0 saturated carbocycles. The number of fused-ring (bicyclic) bond motifs is 1. The fourth-order valence-electron chi connectivity index (χ4n) is 2.88. The first-order valence-corrected chi connectivity index (χ1v) is 7.64. The molecular weight excluding hydrogens is 230 g/mol. The molecule has 0 spiro atoms. The second-order valence-electron chi connectivity index (χ2n) is 5.06. The molecule has 0 amide bonds. The Kier molecular flexibility index (Phi) is 3.50. The zero-order chi connectivity index (χ0) is 11.7. The zero-order valence-electron chi connectivity index (χ0n) is 10.6. The zero-order valence-corrected chi connectivity index (χ0v) is 11.4. The quantitative estimate of drug-likeness (QED) is 0.819. The molecule has 3 heteroatoms. The first-order valence-electron chi connectivity index (χ1n) is 6.82. The number of hydrogen-bond donors (Lipinski definition) is 0. The van der Waals surface area contributed by atoms with Crippen molar-refractivity contribution in [2.24, 2.45) is 0 Å². The maximum Gasteiger partial charge on any atom is 0.0962 e. The molecule has 1 atom stereocenters. The van der Waals surface area contributed by atoms with Gasteiger partial charge in [0.25, 0.3) is 0 Å². The summed E-state index contributed by atoms with van der Waals surface area (Å²) in [6.07, 6.45) is 5.35. The Morgan fingerprint density at radius 3 is 3.00 bits per heavy atom. The predicted octanol–water partition coefficient (Wildman–Crippen LogP) is 3.02. The lowest BCUT2D eigenvalue weighted by molar-refractivity contribution is 0.0217. The highest BCUT2D eigenvalue weighted by Crippen LogP contribution is 2.34. The highest BCUT2D eigenvalue weighted by Gasteiger charge is 2.26. The van der Waals surface area contributed by atoms with Gasteiger partial charge in [0.1, 0.15) is 0 Å². The lowest BCUT2D eigenvalue weighted by Crippen LogP contribution is -2.29. The summed E-state index contributed by atoms with van der Waals surface area (Å²) in [5, 5.41) is 0. The molecule has 3 heterocycles. The van der Waals surface area contributed by atoms with Gasteiger partial charge in [0.2, 0.25) is 0 Å². The van der Waals surface area contributed by atoms with E-state index in [1.165, 1.54) is 36.4 Å². The normalized spacial score (nSPS) is 25.1. The Morgan fingerprint density at radius 1 is 1.41 bits per heavy atom. The van der Waals surface area contributed by atoms with Crippen molar-refractivity contribution < 1.29 is 4.74 Å². The molecule has 17 heavy (non-hydrogen) atoms. The lowest BCUT2D eigenvalue weighted by atomic mass is 10.1. The third-order valence-electron chi connectivity index (χ3n) is 3.86. The largest absolute Gasteiger partial charge is 0.372 e. The summed E-state index contributed by atoms with van der Waals surface area (Å²) in [7, 11) is 0. The smallest absolute Gasteiger partial charge is 0.0962 e. The molecule has 1 unspecified atom stereocenters. The summed E-state index contributed by atoms with van der Waals surface area (Å²) >= 11 is 2.00. The highest BCUT2D eigenvalue weighted by atomic mass is 32.1. The third-order valence-corrected chi connectivity index (χ3v) is 5.21. The minimum atomic E-state index is 0.341. The van der Waals surface area contributed by atoms with E-state index < -0.39 is 0 Å². The topological polar surface area (TPSA) is 12.5 Å². The standard InChI is InChI=1S/C14H21NOS/c1-2-11-9-12-13(10-15-6-3-4-7-15)16-8-5-14(12)17-11/h9,13H,2-8,10H2,1H3. The van der Waals surface area contributed by atoms with Gasteiger partial charge in [0.05, 0.1) is 12.7 Å². The van der Waals surface area contributed by atoms with E-state index in [1.54, 1.807) is 4.88 Å². The molecule has 0 radical (unpaired) electrons. The van der Waals surface area contributed by atoms with E-state index in [4.69, 9.17) is 4.74 Å². The van der Waals surface area contributed by atoms with Crippen LogP contribution in [0.5, 0.6) is 0 Å². The maximum atomic E-state index is 5.99. The van der Waals surface area contributed by atoms with E-state index in [9.17, 15) is 0 Å². The van der Waals surface area contributed by atoms with Gasteiger partial charge in [-0.3, -0.25) is 0 Å². The summed E-state index contributed by atoms with van der Waals surface area (Å²) in [4.78, 5) is 5.66. The van der Waals surface area contributed by atoms with Crippen LogP contribution in [0, 0.1) is 0 Å². The molecule has 0 bridgehead atoms. The third kappa shape index (κ3) is 2.42. The van der Waals surface area contributed by atoms with Crippen LogP contribution in [0.25, 0.3) is 0 Å². The Bertz CT molecular complexity index is 382. The molecule has 3 rings (SSSR count). The van der Waals surface area contributed by atoms with Crippen molar-refractivity contribution in [1.29, 1.82) is 0 Å². The minimum Gasteiger partial charge on any atom is -0.372 e. The number of likely N-dealkylation sites (tertiary alicyclic amines) is 1. The van der Waals surface area contributed by atoms with E-state index in [0.717, 1.165) is 26.0 Å². The number of ether oxygens (including phenoxy) is 1. The Labute approximate surface area is 108 Å². The summed E-state index contributed by atoms with van der Waals surface area (Å²) in [6.45, 7) is 6.79. The molecule has 1 aromatic heterocycles. The summed E-state index contributed by atoms with van der Waals surface area (Å²) in [5.41, 5.74) is 1.49. The average molecular weight is 251 g/mol. The van der Waals surface area contributed by atoms with Crippen molar-refractivity contribution in [3.63, 3.8) is 0 Å². The van der Waals surface area contributed by atoms with Crippen LogP contribution in [0.2, 0.25) is 0 Å². The van der Waals surface area contributed by atoms with Crippen LogP contribution in [0.4, 0.5) is 0 Å². The van der Waals surface area contributed by atoms with Gasteiger partial charge >= 0.3 is 0 Å². The van der Waals surface area contributed by atoms with Crippen molar-refractivity contribution in [3.8, 4) is 0 Å². The van der Waals surface area contributed by atoms with Crippen molar-refractivity contribution in [2.45, 2.75) is 38.7 Å². The monoisotopic (exact) mass is 251 g/mol. The Hall–Kier alpha value is -0.380. The number of thiophene rings is 1. The molecule has 0 aliphatic carbocycles. The van der Waals surface area contributed by atoms with Gasteiger partial charge in [0, 0.05) is 22.7 Å². The van der Waals surface area contributed by atoms with Crippen molar-refractivity contribution in [1.82, 2.24) is 4.90 Å². The van der Waals surface area contributed by atoms with Gasteiger partial charge in [-0.15, -0.1) is 11.3 Å². The SMILES string of the molecule is CCc1cc2c(s1)CCOC2CN1CCCC1. The van der Waals surface area contributed by atoms with Gasteiger partial charge in [-0.25, -0.2) is 0 Å². The van der Waals surface area contributed by atoms with Crippen molar-refractivity contribution >= 4 is 11.3 Å². The lowest BCUT2D eigenvalue weighted by Gasteiger charge is -2.27. The molecule has 2 aliphatic rings. The molecule has 94 valence electrons. The van der Waals surface area contributed by atoms with Crippen LogP contribution in [-0.2, 0) is 17.6 Å². The molecule has 2 aliphatic heterocycles. The fourth-order valence-corrected chi connectivity index (χ4v) is 4.02. The molecular formula is C14H21NOS. The van der Waals surface area contributed by atoms with Crippen LogP contribution in [0.1, 0.15) is 41.2 Å². The van der Waals surface area contributed by atoms with Gasteiger partial charge in [-0.05, 0) is 44.0 Å². The Morgan fingerprint density at radius 2 is 2.24 bits per heavy atom. The molecule has 0 aromatic carbocycles. The minimum absolute atomic E-state index is 0.341. The van der Waals surface area contributed by atoms with E-state index in [1.807, 2.05) is 11.3 Å². The molecule has 2 nitrogen and oxygen atoms in total. The summed E-state index contributed by atoms with van der Waals surface area (Å²) in [5.74, 6) is 0. The maximum absolute atomic E-state index is 5.99. The molecule has 1 fully saturated rings. The summed E-state index contributed by atoms with van der Waals surface area (Å²) < 4.78 is 5.99. The summed E-state index contributed by atoms with van der Waals surface area (Å²) in [6, 6.07) is 2.39. The van der Waals surface area contributed by atoms with E-state index in [0.29, 0.717) is 6.10 Å². The molecule has 1 aromatic rings. The van der Waals surface area contributed by atoms with E-state index in [-0.39, 0.29) is 0 Å². The van der Waals surface area contributed by atoms with E-state index >= 15 is 0 Å². The number of hydrogen-bond acceptors (Lipinski definition) is 3. The van der Waals surface area contributed by atoms with Gasteiger partial charge < -0.3 is 9.64 Å². The second-order valence-corrected chi connectivity index (χ2v) is 6.28. The van der Waals surface area contributed by atoms with Crippen LogP contribution in [-0.4, -0.2) is 31.1 Å². The molecule has 1 saturated heterocycles. The van der Waals surface area contributed by atoms with E-state index in [2.05, 4.69) is 17.9 Å². The number of nitrogens with zero attached hydrogens (tertiary/aromatic N) is 1. The molecule has 0 N–H and O–H groups in total. The first-order chi connectivity index (χ1) is 8.36. The predicted molar refractivity (Wildman–Crippen MR) is 71.8 cm³/mol. The van der Waals surface area contributed by atoms with Crippen molar-refractivity contribution in [3.05, 3.63) is 21.4 Å². The number of rotatable bonds is 3. The fraction of sp³-hybridized carbons (Fsp3) is 0.714. The number of aryl methyl sites for hydroxylation is 1. The first kappa shape index (κ1) is 11.7. The van der Waals surface area contributed by atoms with Gasteiger partial charge in [-0.2, -0.15) is 0 Å². The van der Waals surface area contributed by atoms with Crippen molar-refractivity contribution in [2.75, 3.05) is 26.2 Å². The van der Waals surface area contributed by atoms with Crippen LogP contribution in [0.3, 0.4) is 0 Å². The van der Waals surface area contributed by atoms with Crippen LogP contribution < -0.4 is 0 Å². The van der Waals surface area contributed by atoms with Gasteiger partial charge in [-0.1, -0.05) is 6.92 Å². The highest BCUT2D eigenvalue weighted by molar-refractivity contribution is 7.12. The average Bonchev–Trinajstić information content (AvgIpc) is 2.97. The van der Waals surface area contributed by atoms with Crippen LogP contribution >= 0.6 is 11.3 Å².